The Morgan fingerprint density at radius 1 is 0.923 bits per heavy atom. The molecule has 0 amide bonds. The quantitative estimate of drug-likeness (QED) is 0.600. The molecule has 0 N–H and O–H groups in total. The molecular formula is C13H24. The molecule has 0 aromatic heterocycles. The van der Waals surface area contributed by atoms with Crippen LogP contribution in [0.15, 0.2) is 0 Å². The molecule has 2 aliphatic rings. The van der Waals surface area contributed by atoms with E-state index in [0.717, 1.165) is 29.6 Å². The van der Waals surface area contributed by atoms with Gasteiger partial charge in [-0.15, -0.1) is 0 Å². The van der Waals surface area contributed by atoms with Crippen molar-refractivity contribution in [1.29, 1.82) is 0 Å². The van der Waals surface area contributed by atoms with Gasteiger partial charge < -0.3 is 0 Å². The maximum atomic E-state index is 2.43. The lowest BCUT2D eigenvalue weighted by molar-refractivity contribution is 0.0887. The molecule has 0 aliphatic heterocycles. The second-order valence-electron chi connectivity index (χ2n) is 5.91. The smallest absolute Gasteiger partial charge is 0.0380 e. The van der Waals surface area contributed by atoms with Gasteiger partial charge in [0.15, 0.2) is 0 Å². The topological polar surface area (TPSA) is 0 Å². The first-order chi connectivity index (χ1) is 6.16. The summed E-state index contributed by atoms with van der Waals surface area (Å²) in [5.41, 5.74) is 0. The van der Waals surface area contributed by atoms with Crippen molar-refractivity contribution in [3.8, 4) is 0 Å². The summed E-state index contributed by atoms with van der Waals surface area (Å²) in [7, 11) is 0. The van der Waals surface area contributed by atoms with Crippen molar-refractivity contribution in [2.75, 3.05) is 0 Å². The normalized spacial score (nSPS) is 45.2. The second kappa shape index (κ2) is 3.63. The molecule has 76 valence electrons. The number of hydrogen-bond acceptors (Lipinski definition) is 0. The van der Waals surface area contributed by atoms with Crippen molar-refractivity contribution in [3.05, 3.63) is 0 Å². The predicted octanol–water partition coefficient (Wildman–Crippen LogP) is 4.10. The first-order valence-corrected chi connectivity index (χ1v) is 6.16. The molecule has 2 unspecified atom stereocenters. The third-order valence-corrected chi connectivity index (χ3v) is 4.56. The van der Waals surface area contributed by atoms with E-state index in [4.69, 9.17) is 0 Å². The molecule has 0 aromatic rings. The Morgan fingerprint density at radius 2 is 1.62 bits per heavy atom. The molecule has 2 saturated carbocycles. The zero-order chi connectivity index (χ0) is 9.42. The summed E-state index contributed by atoms with van der Waals surface area (Å²) in [6.07, 6.45) is 7.68. The molecule has 2 aliphatic carbocycles. The van der Waals surface area contributed by atoms with Crippen LogP contribution in [0.5, 0.6) is 0 Å². The fraction of sp³-hybridized carbons (Fsp3) is 1.00. The summed E-state index contributed by atoms with van der Waals surface area (Å²) >= 11 is 0. The lowest BCUT2D eigenvalue weighted by Gasteiger charge is -2.41. The highest BCUT2D eigenvalue weighted by atomic mass is 14.4. The molecule has 2 rings (SSSR count). The zero-order valence-corrected chi connectivity index (χ0v) is 9.42. The predicted molar refractivity (Wildman–Crippen MR) is 57.6 cm³/mol. The van der Waals surface area contributed by atoms with Gasteiger partial charge in [-0.2, -0.15) is 0 Å². The van der Waals surface area contributed by atoms with E-state index >= 15 is 0 Å². The van der Waals surface area contributed by atoms with Crippen molar-refractivity contribution in [2.24, 2.45) is 29.6 Å². The van der Waals surface area contributed by atoms with E-state index in [0.29, 0.717) is 0 Å². The molecule has 0 nitrogen and oxygen atoms in total. The minimum absolute atomic E-state index is 0.940. The fourth-order valence-corrected chi connectivity index (χ4v) is 3.32. The van der Waals surface area contributed by atoms with E-state index in [-0.39, 0.29) is 0 Å². The van der Waals surface area contributed by atoms with Gasteiger partial charge in [-0.3, -0.25) is 0 Å². The van der Waals surface area contributed by atoms with Crippen LogP contribution in [0.3, 0.4) is 0 Å². The van der Waals surface area contributed by atoms with E-state index in [1.165, 1.54) is 19.3 Å². The van der Waals surface area contributed by atoms with Crippen LogP contribution in [0.4, 0.5) is 0 Å². The average Bonchev–Trinajstić information content (AvgIpc) is 2.31. The first kappa shape index (κ1) is 9.55. The van der Waals surface area contributed by atoms with Gasteiger partial charge in [0.1, 0.15) is 0 Å². The minimum atomic E-state index is 0.940. The average molecular weight is 180 g/mol. The van der Waals surface area contributed by atoms with Crippen molar-refractivity contribution in [3.63, 3.8) is 0 Å². The lowest BCUT2D eigenvalue weighted by Crippen LogP contribution is -2.32. The number of rotatable bonds is 2. The van der Waals surface area contributed by atoms with Gasteiger partial charge in [0, 0.05) is 0 Å². The Morgan fingerprint density at radius 3 is 2.08 bits per heavy atom. The first-order valence-electron chi connectivity index (χ1n) is 6.16. The maximum absolute atomic E-state index is 2.43. The van der Waals surface area contributed by atoms with Crippen LogP contribution in [0, 0.1) is 29.6 Å². The van der Waals surface area contributed by atoms with Crippen molar-refractivity contribution in [1.82, 2.24) is 0 Å². The molecule has 13 heavy (non-hydrogen) atoms. The van der Waals surface area contributed by atoms with Crippen LogP contribution >= 0.6 is 0 Å². The number of hydrogen-bond donors (Lipinski definition) is 0. The van der Waals surface area contributed by atoms with Crippen LogP contribution in [-0.4, -0.2) is 0 Å². The third kappa shape index (κ3) is 1.92. The Bertz CT molecular complexity index is 165. The fourth-order valence-electron chi connectivity index (χ4n) is 3.32. The highest BCUT2D eigenvalue weighted by molar-refractivity contribution is 4.89. The standard InChI is InChI=1S/C13H24/c1-9(2)12-7-13(8-12)11-5-4-10(3)6-11/h9-13H,4-8H2,1-3H3. The van der Waals surface area contributed by atoms with Gasteiger partial charge in [0.2, 0.25) is 0 Å². The summed E-state index contributed by atoms with van der Waals surface area (Å²) in [6, 6.07) is 0. The van der Waals surface area contributed by atoms with Crippen LogP contribution in [-0.2, 0) is 0 Å². The highest BCUT2D eigenvalue weighted by Gasteiger charge is 2.38. The minimum Gasteiger partial charge on any atom is -0.0625 e. The molecule has 0 spiro atoms. The Hall–Kier alpha value is 0. The maximum Gasteiger partial charge on any atom is -0.0380 e. The Balaban J connectivity index is 1.74. The molecule has 2 atom stereocenters. The molecule has 0 bridgehead atoms. The Labute approximate surface area is 83.1 Å². The molecule has 2 fully saturated rings. The van der Waals surface area contributed by atoms with Crippen LogP contribution < -0.4 is 0 Å². The molecule has 0 saturated heterocycles. The van der Waals surface area contributed by atoms with E-state index in [1.54, 1.807) is 12.8 Å². The van der Waals surface area contributed by atoms with E-state index in [9.17, 15) is 0 Å². The van der Waals surface area contributed by atoms with Gasteiger partial charge in [0.05, 0.1) is 0 Å². The highest BCUT2D eigenvalue weighted by Crippen LogP contribution is 2.48. The summed E-state index contributed by atoms with van der Waals surface area (Å²) in [5, 5.41) is 0. The molecule has 0 heteroatoms. The molecule has 0 aromatic carbocycles. The SMILES string of the molecule is CC1CCC(C2CC(C(C)C)C2)C1. The molecule has 0 heterocycles. The summed E-state index contributed by atoms with van der Waals surface area (Å²) < 4.78 is 0. The van der Waals surface area contributed by atoms with Crippen molar-refractivity contribution in [2.45, 2.75) is 52.9 Å². The Kier molecular flexibility index (Phi) is 2.67. The van der Waals surface area contributed by atoms with Crippen LogP contribution in [0.1, 0.15) is 52.9 Å². The molecule has 0 radical (unpaired) electrons. The van der Waals surface area contributed by atoms with E-state index in [2.05, 4.69) is 20.8 Å². The van der Waals surface area contributed by atoms with Gasteiger partial charge in [-0.1, -0.05) is 27.2 Å². The largest absolute Gasteiger partial charge is 0.0625 e. The summed E-state index contributed by atoms with van der Waals surface area (Å²) in [6.45, 7) is 7.20. The van der Waals surface area contributed by atoms with Crippen molar-refractivity contribution >= 4 is 0 Å². The van der Waals surface area contributed by atoms with Crippen molar-refractivity contribution < 1.29 is 0 Å². The van der Waals surface area contributed by atoms with Gasteiger partial charge >= 0.3 is 0 Å². The monoisotopic (exact) mass is 180 g/mol. The summed E-state index contributed by atoms with van der Waals surface area (Å²) in [4.78, 5) is 0. The third-order valence-electron chi connectivity index (χ3n) is 4.56. The van der Waals surface area contributed by atoms with Gasteiger partial charge in [0.25, 0.3) is 0 Å². The van der Waals surface area contributed by atoms with Crippen LogP contribution in [0.25, 0.3) is 0 Å². The zero-order valence-electron chi connectivity index (χ0n) is 9.42. The van der Waals surface area contributed by atoms with Gasteiger partial charge in [-0.05, 0) is 55.3 Å². The second-order valence-corrected chi connectivity index (χ2v) is 5.91. The van der Waals surface area contributed by atoms with Gasteiger partial charge in [-0.25, -0.2) is 0 Å². The van der Waals surface area contributed by atoms with Crippen LogP contribution in [0.2, 0.25) is 0 Å². The molecular weight excluding hydrogens is 156 g/mol. The van der Waals surface area contributed by atoms with E-state index < -0.39 is 0 Å². The van der Waals surface area contributed by atoms with E-state index in [1.807, 2.05) is 0 Å². The lowest BCUT2D eigenvalue weighted by atomic mass is 9.64. The summed E-state index contributed by atoms with van der Waals surface area (Å²) in [5.74, 6) is 5.28.